The van der Waals surface area contributed by atoms with E-state index in [1.807, 2.05) is 42.6 Å². The van der Waals surface area contributed by atoms with Crippen LogP contribution in [0.5, 0.6) is 5.75 Å². The Morgan fingerprint density at radius 1 is 1.15 bits per heavy atom. The third-order valence-corrected chi connectivity index (χ3v) is 4.47. The van der Waals surface area contributed by atoms with Gasteiger partial charge in [0, 0.05) is 39.6 Å². The number of para-hydroxylation sites is 1. The number of nitrogens with one attached hydrogen (secondary N) is 3. The van der Waals surface area contributed by atoms with Gasteiger partial charge in [-0.15, -0.1) is 0 Å². The first kappa shape index (κ1) is 16.4. The number of aromatic amines is 2. The lowest BCUT2D eigenvalue weighted by molar-refractivity contribution is -0.125. The van der Waals surface area contributed by atoms with Gasteiger partial charge in [-0.3, -0.25) is 9.89 Å². The monoisotopic (exact) mass is 410 g/mol. The van der Waals surface area contributed by atoms with E-state index in [0.29, 0.717) is 5.75 Å². The van der Waals surface area contributed by atoms with E-state index in [1.54, 1.807) is 6.07 Å². The van der Waals surface area contributed by atoms with Crippen LogP contribution in [-0.4, -0.2) is 21.1 Å². The molecule has 0 spiro atoms. The molecule has 6 nitrogen and oxygen atoms in total. The number of carbonyl (C=O) groups excluding carboxylic acids is 1. The molecule has 26 heavy (non-hydrogen) atoms. The van der Waals surface area contributed by atoms with Crippen molar-refractivity contribution in [1.29, 1.82) is 0 Å². The minimum absolute atomic E-state index is 0.275. The summed E-state index contributed by atoms with van der Waals surface area (Å²) in [5, 5.41) is 8.61. The highest BCUT2D eigenvalue weighted by molar-refractivity contribution is 9.10. The van der Waals surface area contributed by atoms with Crippen LogP contribution in [0.3, 0.4) is 0 Å². The number of benzene rings is 2. The highest BCUT2D eigenvalue weighted by atomic mass is 79.9. The van der Waals surface area contributed by atoms with Crippen LogP contribution in [0.2, 0.25) is 0 Å². The molecule has 2 heterocycles. The van der Waals surface area contributed by atoms with E-state index in [0.717, 1.165) is 37.9 Å². The number of H-pyrrole nitrogens is 2. The molecule has 1 amide bonds. The predicted molar refractivity (Wildman–Crippen MR) is 103 cm³/mol. The summed E-state index contributed by atoms with van der Waals surface area (Å²) in [6.45, 7) is 1.39. The van der Waals surface area contributed by atoms with E-state index in [-0.39, 0.29) is 5.91 Å². The molecule has 2 aromatic heterocycles. The third kappa shape index (κ3) is 3.09. The molecular formula is C19H15BrN4O2. The topological polar surface area (TPSA) is 82.8 Å². The molecule has 2 aromatic carbocycles. The smallest absolute Gasteiger partial charge is 0.249 e. The lowest BCUT2D eigenvalue weighted by atomic mass is 10.1. The molecule has 130 valence electrons. The fourth-order valence-electron chi connectivity index (χ4n) is 2.81. The summed E-state index contributed by atoms with van der Waals surface area (Å²) in [6, 6.07) is 15.6. The average Bonchev–Trinajstić information content (AvgIpc) is 3.27. The van der Waals surface area contributed by atoms with Crippen molar-refractivity contribution in [1.82, 2.24) is 20.7 Å². The number of halogens is 1. The van der Waals surface area contributed by atoms with Crippen molar-refractivity contribution in [2.24, 2.45) is 0 Å². The molecule has 4 rings (SSSR count). The first-order chi connectivity index (χ1) is 12.6. The number of rotatable bonds is 4. The maximum atomic E-state index is 11.1. The van der Waals surface area contributed by atoms with Crippen molar-refractivity contribution in [2.75, 3.05) is 0 Å². The zero-order chi connectivity index (χ0) is 18.1. The van der Waals surface area contributed by atoms with Gasteiger partial charge in [-0.2, -0.15) is 10.6 Å². The van der Waals surface area contributed by atoms with Gasteiger partial charge in [-0.1, -0.05) is 34.1 Å². The second-order valence-electron chi connectivity index (χ2n) is 5.82. The van der Waals surface area contributed by atoms with Gasteiger partial charge in [-0.05, 0) is 30.3 Å². The molecular weight excluding hydrogens is 396 g/mol. The van der Waals surface area contributed by atoms with E-state index < -0.39 is 0 Å². The van der Waals surface area contributed by atoms with Crippen LogP contribution in [0.1, 0.15) is 6.92 Å². The van der Waals surface area contributed by atoms with Gasteiger partial charge in [0.05, 0.1) is 11.4 Å². The Labute approximate surface area is 157 Å². The predicted octanol–water partition coefficient (Wildman–Crippen LogP) is 4.42. The molecule has 3 N–H and O–H groups in total. The van der Waals surface area contributed by atoms with E-state index in [4.69, 9.17) is 4.84 Å². The highest BCUT2D eigenvalue weighted by Crippen LogP contribution is 2.34. The highest BCUT2D eigenvalue weighted by Gasteiger charge is 2.14. The summed E-state index contributed by atoms with van der Waals surface area (Å²) in [7, 11) is 0. The maximum absolute atomic E-state index is 11.1. The molecule has 0 radical (unpaired) electrons. The van der Waals surface area contributed by atoms with Gasteiger partial charge >= 0.3 is 0 Å². The summed E-state index contributed by atoms with van der Waals surface area (Å²) >= 11 is 3.47. The maximum Gasteiger partial charge on any atom is 0.249 e. The van der Waals surface area contributed by atoms with Crippen LogP contribution in [0.25, 0.3) is 33.4 Å². The number of carbonyl (C=O) groups is 1. The number of nitrogens with zero attached hydrogens (tertiary/aromatic N) is 1. The molecule has 0 saturated carbocycles. The SMILES string of the molecule is CC(=O)NOc1ccc(Br)cc1-c1cc(-c2c[nH]c3ccccc23)n[nH]1. The molecule has 0 unspecified atom stereocenters. The standard InChI is InChI=1S/C19H15BrN4O2/c1-11(25)24-26-19-7-6-12(20)8-14(19)17-9-18(23-22-17)15-10-21-16-5-3-2-4-13(15)16/h2-10,21H,1H3,(H,22,23)(H,24,25). The molecule has 0 aliphatic heterocycles. The first-order valence-corrected chi connectivity index (χ1v) is 8.76. The molecule has 4 aromatic rings. The normalized spacial score (nSPS) is 10.8. The average molecular weight is 411 g/mol. The Morgan fingerprint density at radius 2 is 2.00 bits per heavy atom. The zero-order valence-electron chi connectivity index (χ0n) is 13.8. The van der Waals surface area contributed by atoms with Gasteiger partial charge in [0.15, 0.2) is 5.75 Å². The van der Waals surface area contributed by atoms with Gasteiger partial charge in [0.1, 0.15) is 0 Å². The van der Waals surface area contributed by atoms with Crippen LogP contribution in [0, 0.1) is 0 Å². The van der Waals surface area contributed by atoms with Crippen molar-refractivity contribution >= 4 is 32.7 Å². The quantitative estimate of drug-likeness (QED) is 0.435. The summed E-state index contributed by atoms with van der Waals surface area (Å²) in [5.41, 5.74) is 6.82. The summed E-state index contributed by atoms with van der Waals surface area (Å²) < 4.78 is 0.894. The Morgan fingerprint density at radius 3 is 2.85 bits per heavy atom. The lowest BCUT2D eigenvalue weighted by Crippen LogP contribution is -2.24. The fourth-order valence-corrected chi connectivity index (χ4v) is 3.17. The van der Waals surface area contributed by atoms with Crippen LogP contribution in [-0.2, 0) is 4.79 Å². The Balaban J connectivity index is 1.74. The van der Waals surface area contributed by atoms with Crippen molar-refractivity contribution in [3.63, 3.8) is 0 Å². The third-order valence-electron chi connectivity index (χ3n) is 3.98. The fraction of sp³-hybridized carbons (Fsp3) is 0.0526. The summed E-state index contributed by atoms with van der Waals surface area (Å²) in [5.74, 6) is 0.250. The molecule has 0 aliphatic carbocycles. The van der Waals surface area contributed by atoms with Crippen LogP contribution in [0.4, 0.5) is 0 Å². The van der Waals surface area contributed by atoms with Gasteiger partial charge < -0.3 is 9.82 Å². The van der Waals surface area contributed by atoms with Gasteiger partial charge in [-0.25, -0.2) is 0 Å². The van der Waals surface area contributed by atoms with E-state index >= 15 is 0 Å². The van der Waals surface area contributed by atoms with Crippen LogP contribution >= 0.6 is 15.9 Å². The van der Waals surface area contributed by atoms with Gasteiger partial charge in [0.2, 0.25) is 5.91 Å². The molecule has 0 aliphatic rings. The van der Waals surface area contributed by atoms with Crippen LogP contribution < -0.4 is 10.3 Å². The zero-order valence-corrected chi connectivity index (χ0v) is 15.4. The Hall–Kier alpha value is -3.06. The largest absolute Gasteiger partial charge is 0.379 e. The number of aromatic nitrogens is 3. The summed E-state index contributed by atoms with van der Waals surface area (Å²) in [6.07, 6.45) is 1.94. The molecule has 0 bridgehead atoms. The molecule has 0 fully saturated rings. The lowest BCUT2D eigenvalue weighted by Gasteiger charge is -2.09. The number of hydrogen-bond acceptors (Lipinski definition) is 3. The number of amides is 1. The van der Waals surface area contributed by atoms with Crippen molar-refractivity contribution in [3.05, 3.63) is 59.2 Å². The molecule has 0 atom stereocenters. The second kappa shape index (κ2) is 6.68. The van der Waals surface area contributed by atoms with Crippen molar-refractivity contribution in [2.45, 2.75) is 6.92 Å². The number of fused-ring (bicyclic) bond motifs is 1. The summed E-state index contributed by atoms with van der Waals surface area (Å²) in [4.78, 5) is 19.8. The van der Waals surface area contributed by atoms with E-state index in [2.05, 4.69) is 42.7 Å². The molecule has 0 saturated heterocycles. The Kier molecular flexibility index (Phi) is 4.22. The minimum atomic E-state index is -0.275. The van der Waals surface area contributed by atoms with Crippen molar-refractivity contribution < 1.29 is 9.63 Å². The molecule has 7 heteroatoms. The van der Waals surface area contributed by atoms with Crippen molar-refractivity contribution in [3.8, 4) is 28.3 Å². The van der Waals surface area contributed by atoms with E-state index in [1.165, 1.54) is 6.92 Å². The second-order valence-corrected chi connectivity index (χ2v) is 6.73. The first-order valence-electron chi connectivity index (χ1n) is 7.97. The Bertz CT molecular complexity index is 1100. The van der Waals surface area contributed by atoms with Crippen LogP contribution in [0.15, 0.2) is 59.2 Å². The number of hydrogen-bond donors (Lipinski definition) is 3. The number of hydroxylamine groups is 1. The minimum Gasteiger partial charge on any atom is -0.379 e. The van der Waals surface area contributed by atoms with Gasteiger partial charge in [0.25, 0.3) is 0 Å². The van der Waals surface area contributed by atoms with E-state index in [9.17, 15) is 4.79 Å².